The van der Waals surface area contributed by atoms with E-state index in [2.05, 4.69) is 4.90 Å². The highest BCUT2D eigenvalue weighted by atomic mass is 35.5. The molecule has 0 unspecified atom stereocenters. The zero-order chi connectivity index (χ0) is 30.8. The van der Waals surface area contributed by atoms with Gasteiger partial charge < -0.3 is 24.4 Å². The first-order valence-corrected chi connectivity index (χ1v) is 14.7. The Morgan fingerprint density at radius 2 is 1.58 bits per heavy atom. The predicted molar refractivity (Wildman–Crippen MR) is 160 cm³/mol. The maximum Gasteiger partial charge on any atom is 0.434 e. The fourth-order valence-electron chi connectivity index (χ4n) is 5.54. The molecule has 0 radical (unpaired) electrons. The maximum atomic E-state index is 13.7. The lowest BCUT2D eigenvalue weighted by Crippen LogP contribution is -2.49. The van der Waals surface area contributed by atoms with Crippen LogP contribution in [-0.4, -0.2) is 108 Å². The SMILES string of the molecule is CN1CCN(C(=O)C(=O)c2cn(OC(=O)N(C)C)c3cc(Cl)c(C(=O)N4CCC(Cc5ccc(F)cc5)CC4)cc23)CC1. The second-order valence-corrected chi connectivity index (χ2v) is 11.9. The summed E-state index contributed by atoms with van der Waals surface area (Å²) in [4.78, 5) is 64.8. The van der Waals surface area contributed by atoms with E-state index in [4.69, 9.17) is 16.4 Å². The summed E-state index contributed by atoms with van der Waals surface area (Å²) in [6.07, 6.45) is 2.97. The standard InChI is InChI=1S/C31H35ClFN5O5/c1-34(2)31(42)43-38-19-25(28(39)30(41)37-14-12-35(3)13-15-37)23-17-24(26(32)18-27(23)38)29(40)36-10-8-21(9-11-36)16-20-4-6-22(33)7-5-20/h4-7,17-19,21H,8-16H2,1-3H3. The Balaban J connectivity index is 1.40. The van der Waals surface area contributed by atoms with Crippen molar-refractivity contribution in [2.45, 2.75) is 19.3 Å². The second kappa shape index (κ2) is 12.7. The molecule has 3 heterocycles. The van der Waals surface area contributed by atoms with Crippen LogP contribution in [0.3, 0.4) is 0 Å². The Hall–Kier alpha value is -3.96. The third-order valence-corrected chi connectivity index (χ3v) is 8.51. The minimum Gasteiger partial charge on any atom is -0.339 e. The largest absolute Gasteiger partial charge is 0.434 e. The zero-order valence-corrected chi connectivity index (χ0v) is 25.3. The van der Waals surface area contributed by atoms with Crippen molar-refractivity contribution in [1.29, 1.82) is 0 Å². The number of piperidine rings is 1. The van der Waals surface area contributed by atoms with Crippen LogP contribution < -0.4 is 4.84 Å². The number of nitrogens with zero attached hydrogens (tertiary/aromatic N) is 5. The van der Waals surface area contributed by atoms with Crippen LogP contribution in [0.2, 0.25) is 5.02 Å². The first-order valence-electron chi connectivity index (χ1n) is 14.3. The van der Waals surface area contributed by atoms with Crippen molar-refractivity contribution in [3.05, 3.63) is 70.1 Å². The third kappa shape index (κ3) is 6.67. The number of carbonyl (C=O) groups excluding carboxylic acids is 4. The normalized spacial score (nSPS) is 16.4. The van der Waals surface area contributed by atoms with E-state index < -0.39 is 17.8 Å². The summed E-state index contributed by atoms with van der Waals surface area (Å²) in [6.45, 7) is 3.18. The molecule has 0 aliphatic carbocycles. The number of piperazine rings is 1. The molecule has 2 aliphatic heterocycles. The first kappa shape index (κ1) is 30.5. The molecule has 0 atom stereocenters. The molecule has 2 fully saturated rings. The highest BCUT2D eigenvalue weighted by molar-refractivity contribution is 6.45. The summed E-state index contributed by atoms with van der Waals surface area (Å²) in [7, 11) is 4.99. The highest BCUT2D eigenvalue weighted by Gasteiger charge is 2.31. The topological polar surface area (TPSA) is 95.4 Å². The molecule has 3 aromatic rings. The number of halogens is 2. The van der Waals surface area contributed by atoms with Crippen LogP contribution in [0.1, 0.15) is 39.1 Å². The molecule has 0 N–H and O–H groups in total. The lowest BCUT2D eigenvalue weighted by atomic mass is 9.90. The van der Waals surface area contributed by atoms with Crippen molar-refractivity contribution in [3.63, 3.8) is 0 Å². The fourth-order valence-corrected chi connectivity index (χ4v) is 5.77. The number of fused-ring (bicyclic) bond motifs is 1. The highest BCUT2D eigenvalue weighted by Crippen LogP contribution is 2.31. The van der Waals surface area contributed by atoms with Gasteiger partial charge >= 0.3 is 6.09 Å². The summed E-state index contributed by atoms with van der Waals surface area (Å²) in [6, 6.07) is 9.48. The van der Waals surface area contributed by atoms with E-state index in [9.17, 15) is 23.6 Å². The van der Waals surface area contributed by atoms with Gasteiger partial charge in [0.25, 0.3) is 17.6 Å². The maximum absolute atomic E-state index is 13.7. The average Bonchev–Trinajstić information content (AvgIpc) is 3.34. The Morgan fingerprint density at radius 1 is 0.930 bits per heavy atom. The number of likely N-dealkylation sites (N-methyl/N-ethyl adjacent to an activating group) is 1. The monoisotopic (exact) mass is 611 g/mol. The number of hydrogen-bond donors (Lipinski definition) is 0. The van der Waals surface area contributed by atoms with Crippen LogP contribution in [0, 0.1) is 11.7 Å². The number of Topliss-reactive ketones (excluding diaryl/α,β-unsaturated/α-hetero) is 1. The molecular formula is C31H35ClFN5O5. The van der Waals surface area contributed by atoms with Crippen LogP contribution in [0.15, 0.2) is 42.6 Å². The number of amides is 3. The molecule has 43 heavy (non-hydrogen) atoms. The van der Waals surface area contributed by atoms with Crippen LogP contribution in [0.5, 0.6) is 0 Å². The summed E-state index contributed by atoms with van der Waals surface area (Å²) in [5, 5.41) is 0.425. The van der Waals surface area contributed by atoms with Gasteiger partial charge in [-0.05, 0) is 62.1 Å². The van der Waals surface area contributed by atoms with Crippen molar-refractivity contribution >= 4 is 46.2 Å². The van der Waals surface area contributed by atoms with Crippen LogP contribution in [-0.2, 0) is 11.2 Å². The fraction of sp³-hybridized carbons (Fsp3) is 0.419. The van der Waals surface area contributed by atoms with E-state index in [1.165, 1.54) is 54.4 Å². The minimum absolute atomic E-state index is 0.0224. The number of benzene rings is 2. The molecule has 2 saturated heterocycles. The summed E-state index contributed by atoms with van der Waals surface area (Å²) < 4.78 is 14.4. The number of carbonyl (C=O) groups is 4. The number of ketones is 1. The van der Waals surface area contributed by atoms with E-state index in [1.807, 2.05) is 7.05 Å². The second-order valence-electron chi connectivity index (χ2n) is 11.5. The molecule has 228 valence electrons. The molecule has 0 saturated carbocycles. The van der Waals surface area contributed by atoms with E-state index in [0.29, 0.717) is 45.2 Å². The number of aromatic nitrogens is 1. The molecule has 5 rings (SSSR count). The van der Waals surface area contributed by atoms with Gasteiger partial charge in [0.1, 0.15) is 5.82 Å². The lowest BCUT2D eigenvalue weighted by molar-refractivity contribution is -0.127. The van der Waals surface area contributed by atoms with Gasteiger partial charge in [0.2, 0.25) is 0 Å². The number of hydrogen-bond acceptors (Lipinski definition) is 6. The van der Waals surface area contributed by atoms with Gasteiger partial charge in [0.05, 0.1) is 27.9 Å². The van der Waals surface area contributed by atoms with E-state index >= 15 is 0 Å². The van der Waals surface area contributed by atoms with Crippen molar-refractivity contribution in [1.82, 2.24) is 24.3 Å². The van der Waals surface area contributed by atoms with Crippen LogP contribution >= 0.6 is 11.6 Å². The van der Waals surface area contributed by atoms with Crippen molar-refractivity contribution in [2.24, 2.45) is 5.92 Å². The minimum atomic E-state index is -0.753. The first-order chi connectivity index (χ1) is 20.5. The van der Waals surface area contributed by atoms with Gasteiger partial charge in [-0.3, -0.25) is 14.4 Å². The molecule has 2 aliphatic rings. The third-order valence-electron chi connectivity index (χ3n) is 8.20. The Labute approximate surface area is 254 Å². The number of likely N-dealkylation sites (tertiary alicyclic amines) is 1. The van der Waals surface area contributed by atoms with Gasteiger partial charge in [0.15, 0.2) is 0 Å². The molecule has 3 amide bonds. The van der Waals surface area contributed by atoms with E-state index in [1.54, 1.807) is 17.0 Å². The average molecular weight is 612 g/mol. The van der Waals surface area contributed by atoms with Crippen LogP contribution in [0.25, 0.3) is 10.9 Å². The quantitative estimate of drug-likeness (QED) is 0.312. The van der Waals surface area contributed by atoms with Gasteiger partial charge in [-0.15, -0.1) is 0 Å². The molecule has 1 aromatic heterocycles. The number of rotatable bonds is 6. The molecule has 2 aromatic carbocycles. The molecular weight excluding hydrogens is 577 g/mol. The van der Waals surface area contributed by atoms with Crippen LogP contribution in [0.4, 0.5) is 9.18 Å². The van der Waals surface area contributed by atoms with E-state index in [0.717, 1.165) is 29.6 Å². The molecule has 10 nitrogen and oxygen atoms in total. The van der Waals surface area contributed by atoms with Gasteiger partial charge in [-0.1, -0.05) is 23.7 Å². The Morgan fingerprint density at radius 3 is 2.21 bits per heavy atom. The lowest BCUT2D eigenvalue weighted by Gasteiger charge is -2.32. The summed E-state index contributed by atoms with van der Waals surface area (Å²) in [5.41, 5.74) is 1.56. The smallest absolute Gasteiger partial charge is 0.339 e. The van der Waals surface area contributed by atoms with Crippen molar-refractivity contribution < 1.29 is 28.4 Å². The molecule has 12 heteroatoms. The van der Waals surface area contributed by atoms with Crippen molar-refractivity contribution in [3.8, 4) is 0 Å². The zero-order valence-electron chi connectivity index (χ0n) is 24.5. The predicted octanol–water partition coefficient (Wildman–Crippen LogP) is 3.60. The Kier molecular flexibility index (Phi) is 9.03. The summed E-state index contributed by atoms with van der Waals surface area (Å²) in [5.74, 6) is -1.60. The van der Waals surface area contributed by atoms with Gasteiger partial charge in [-0.25, -0.2) is 9.18 Å². The van der Waals surface area contributed by atoms with Gasteiger partial charge in [-0.2, -0.15) is 4.73 Å². The Bertz CT molecular complexity index is 1540. The van der Waals surface area contributed by atoms with Gasteiger partial charge in [0, 0.05) is 58.8 Å². The molecule has 0 spiro atoms. The molecule has 0 bridgehead atoms. The van der Waals surface area contributed by atoms with Crippen molar-refractivity contribution in [2.75, 3.05) is 60.4 Å². The van der Waals surface area contributed by atoms with E-state index in [-0.39, 0.29) is 38.8 Å². The summed E-state index contributed by atoms with van der Waals surface area (Å²) >= 11 is 6.62.